The number of hydrogen-bond acceptors (Lipinski definition) is 9. The number of halogens is 2. The number of aliphatic hydroxyl groups excluding tert-OH is 1. The fraction of sp³-hybridized carbons (Fsp3) is 0.684. The van der Waals surface area contributed by atoms with Crippen molar-refractivity contribution in [3.8, 4) is 0 Å². The molecule has 0 aromatic rings. The molecular formula is C38H64I2O10V. The van der Waals surface area contributed by atoms with Crippen LogP contribution in [-0.4, -0.2) is 74.7 Å². The molecule has 0 amide bonds. The van der Waals surface area contributed by atoms with Gasteiger partial charge in [-0.15, -0.1) is 0 Å². The van der Waals surface area contributed by atoms with Gasteiger partial charge in [0.15, 0.2) is 0 Å². The minimum absolute atomic E-state index is 0.0650. The summed E-state index contributed by atoms with van der Waals surface area (Å²) in [5.41, 5.74) is 5.17. The van der Waals surface area contributed by atoms with Gasteiger partial charge >= 0.3 is 73.3 Å². The average Bonchev–Trinajstić information content (AvgIpc) is 3.42. The molecule has 1 aliphatic heterocycles. The number of carbonyl (C=O) groups is 4. The fourth-order valence-corrected chi connectivity index (χ4v) is 4.64. The van der Waals surface area contributed by atoms with E-state index in [2.05, 4.69) is 102 Å². The Balaban J connectivity index is -0.000000756. The number of esters is 3. The topological polar surface area (TPSA) is 146 Å². The van der Waals surface area contributed by atoms with Gasteiger partial charge in [0.25, 0.3) is 0 Å². The Morgan fingerprint density at radius 2 is 1.37 bits per heavy atom. The monoisotopic (exact) mass is 985 g/mol. The predicted molar refractivity (Wildman–Crippen MR) is 217 cm³/mol. The summed E-state index contributed by atoms with van der Waals surface area (Å²) in [5, 5.41) is 17.3. The van der Waals surface area contributed by atoms with Crippen LogP contribution in [0.4, 0.5) is 0 Å². The third kappa shape index (κ3) is 32.1. The molecule has 295 valence electrons. The van der Waals surface area contributed by atoms with Crippen molar-refractivity contribution in [3.63, 3.8) is 0 Å². The van der Waals surface area contributed by atoms with Crippen molar-refractivity contribution in [2.24, 2.45) is 23.7 Å². The van der Waals surface area contributed by atoms with E-state index in [0.29, 0.717) is 22.7 Å². The van der Waals surface area contributed by atoms with E-state index >= 15 is 0 Å². The number of ether oxygens (including phenoxy) is 4. The van der Waals surface area contributed by atoms with Crippen LogP contribution < -0.4 is 0 Å². The van der Waals surface area contributed by atoms with Gasteiger partial charge in [0.05, 0.1) is 44.5 Å². The molecule has 13 heteroatoms. The summed E-state index contributed by atoms with van der Waals surface area (Å²) in [6, 6.07) is 0. The molecule has 4 atom stereocenters. The number of rotatable bonds is 20. The van der Waals surface area contributed by atoms with E-state index in [0.717, 1.165) is 44.1 Å². The molecule has 0 aliphatic carbocycles. The summed E-state index contributed by atoms with van der Waals surface area (Å²) in [6.07, 6.45) is 14.6. The number of cyclic esters (lactones) is 2. The van der Waals surface area contributed by atoms with Crippen LogP contribution in [0, 0.1) is 23.7 Å². The predicted octanol–water partition coefficient (Wildman–Crippen LogP) is 9.17. The van der Waals surface area contributed by atoms with Crippen molar-refractivity contribution >= 4 is 63.8 Å². The second-order valence-corrected chi connectivity index (χ2v) is 24.2. The SMILES string of the molecule is CC/C(C)=C/CC/C(C)=C/C(C)C(CC(=O)OCCOC)C(=O)O.CC/C(C)=C/CC/C(C)=C/C(C)C1CC(=O)OC1=O.COCCO.[I][V][I]. The Labute approximate surface area is 336 Å². The zero-order valence-corrected chi connectivity index (χ0v) is 38.2. The molecule has 1 rings (SSSR count). The van der Waals surface area contributed by atoms with E-state index in [4.69, 9.17) is 14.6 Å². The summed E-state index contributed by atoms with van der Waals surface area (Å²) >= 11 is 4.74. The van der Waals surface area contributed by atoms with Crippen molar-refractivity contribution in [1.82, 2.24) is 0 Å². The molecule has 0 bridgehead atoms. The van der Waals surface area contributed by atoms with Crippen LogP contribution in [0.15, 0.2) is 46.6 Å². The first-order chi connectivity index (χ1) is 24.1. The third-order valence-corrected chi connectivity index (χ3v) is 8.00. The van der Waals surface area contributed by atoms with Crippen molar-refractivity contribution in [1.29, 1.82) is 0 Å². The Bertz CT molecular complexity index is 1100. The number of aliphatic hydroxyl groups is 1. The van der Waals surface area contributed by atoms with Gasteiger partial charge in [0.2, 0.25) is 0 Å². The number of methoxy groups -OCH3 is 2. The molecule has 0 aromatic heterocycles. The van der Waals surface area contributed by atoms with Gasteiger partial charge in [-0.2, -0.15) is 0 Å². The molecule has 1 saturated heterocycles. The van der Waals surface area contributed by atoms with Gasteiger partial charge in [0.1, 0.15) is 6.61 Å². The fourth-order valence-electron chi connectivity index (χ4n) is 4.64. The van der Waals surface area contributed by atoms with Crippen molar-refractivity contribution in [2.45, 2.75) is 107 Å². The first-order valence-corrected chi connectivity index (χ1v) is 26.4. The summed E-state index contributed by atoms with van der Waals surface area (Å²) in [7, 11) is 3.69. The van der Waals surface area contributed by atoms with Gasteiger partial charge < -0.3 is 29.2 Å². The van der Waals surface area contributed by atoms with Crippen LogP contribution >= 0.6 is 40.0 Å². The van der Waals surface area contributed by atoms with E-state index in [9.17, 15) is 24.3 Å². The Kier molecular flexibility index (Phi) is 38.3. The van der Waals surface area contributed by atoms with E-state index in [-0.39, 0.29) is 49.8 Å². The quantitative estimate of drug-likeness (QED) is 0.0398. The summed E-state index contributed by atoms with van der Waals surface area (Å²) < 4.78 is 18.8. The second kappa shape index (κ2) is 36.0. The molecule has 1 fully saturated rings. The summed E-state index contributed by atoms with van der Waals surface area (Å²) in [6.45, 7) is 17.4. The Morgan fingerprint density at radius 1 is 0.882 bits per heavy atom. The average molecular weight is 986 g/mol. The molecule has 10 nitrogen and oxygen atoms in total. The Hall–Kier alpha value is -1.04. The van der Waals surface area contributed by atoms with Gasteiger partial charge in [0, 0.05) is 14.2 Å². The summed E-state index contributed by atoms with van der Waals surface area (Å²) in [4.78, 5) is 45.7. The van der Waals surface area contributed by atoms with Gasteiger partial charge in [-0.1, -0.05) is 74.3 Å². The first kappa shape index (κ1) is 54.3. The second-order valence-electron chi connectivity index (χ2n) is 12.4. The standard InChI is InChI=1S/C19H32O5.C16H24O3.C3H8O2.2HI.V/c1-6-14(2)8-7-9-15(3)12-16(4)17(19(21)22)13-18(20)24-11-10-23-5;1-5-11(2)7-6-8-12(3)9-13(4)14-10-15(17)19-16(14)18;1-5-3-2-4;;;/h8,12,16-17H,6-7,9-11,13H2,1-5H3,(H,21,22);7,9,13-14H,5-6,8,10H2,1-4H3;4H,2-3H2,1H3;2*1H;/q;;;;;+2/p-2/b14-8+,15-12+;11-7+,12-9+;;;;. The molecule has 1 heterocycles. The first-order valence-electron chi connectivity index (χ1n) is 17.4. The van der Waals surface area contributed by atoms with Crippen LogP contribution in [0.5, 0.6) is 0 Å². The van der Waals surface area contributed by atoms with Crippen LogP contribution in [0.1, 0.15) is 107 Å². The van der Waals surface area contributed by atoms with E-state index < -0.39 is 23.8 Å². The van der Waals surface area contributed by atoms with Crippen molar-refractivity contribution in [2.75, 3.05) is 40.6 Å². The number of carboxylic acids is 1. The molecule has 0 spiro atoms. The normalized spacial score (nSPS) is 16.6. The molecule has 1 aliphatic rings. The van der Waals surface area contributed by atoms with E-state index in [1.807, 2.05) is 26.8 Å². The van der Waals surface area contributed by atoms with Gasteiger partial charge in [-0.05, 0) is 78.1 Å². The van der Waals surface area contributed by atoms with Crippen molar-refractivity contribution < 1.29 is 57.8 Å². The van der Waals surface area contributed by atoms with Crippen molar-refractivity contribution in [3.05, 3.63) is 46.6 Å². The van der Waals surface area contributed by atoms with Gasteiger partial charge in [-0.25, -0.2) is 0 Å². The number of hydrogen-bond donors (Lipinski definition) is 2. The van der Waals surface area contributed by atoms with Crippen LogP contribution in [-0.2, 0) is 47.6 Å². The van der Waals surface area contributed by atoms with Crippen LogP contribution in [0.25, 0.3) is 0 Å². The van der Waals surface area contributed by atoms with E-state index in [1.165, 1.54) is 23.8 Å². The third-order valence-electron chi connectivity index (χ3n) is 8.00. The minimum atomic E-state index is -0.975. The van der Waals surface area contributed by atoms with E-state index in [1.54, 1.807) is 7.11 Å². The molecular weight excluding hydrogens is 921 g/mol. The molecule has 0 radical (unpaired) electrons. The van der Waals surface area contributed by atoms with Crippen LogP contribution in [0.2, 0.25) is 0 Å². The zero-order chi connectivity index (χ0) is 39.8. The molecule has 4 unspecified atom stereocenters. The number of carboxylic acid groups (broad SMARTS) is 1. The number of carbonyl (C=O) groups excluding carboxylic acids is 3. The number of aliphatic carboxylic acids is 1. The maximum absolute atomic E-state index is 11.7. The van der Waals surface area contributed by atoms with Gasteiger partial charge in [-0.3, -0.25) is 19.2 Å². The summed E-state index contributed by atoms with van der Waals surface area (Å²) in [5.74, 6) is -3.48. The molecule has 2 N–H and O–H groups in total. The molecule has 0 saturated carbocycles. The van der Waals surface area contributed by atoms with Crippen LogP contribution in [0.3, 0.4) is 0 Å². The zero-order valence-electron chi connectivity index (χ0n) is 32.5. The molecule has 0 aromatic carbocycles. The molecule has 51 heavy (non-hydrogen) atoms. The Morgan fingerprint density at radius 3 is 1.75 bits per heavy atom. The number of allylic oxidation sites excluding steroid dienone is 8. The maximum atomic E-state index is 11.7.